The number of imidazole rings is 1. The third-order valence-electron chi connectivity index (χ3n) is 5.51. The number of hydrogen-bond donors (Lipinski definition) is 2. The molecule has 0 unspecified atom stereocenters. The van der Waals surface area contributed by atoms with Crippen LogP contribution < -0.4 is 10.6 Å². The van der Waals surface area contributed by atoms with Crippen molar-refractivity contribution in [1.29, 1.82) is 0 Å². The second kappa shape index (κ2) is 6.20. The minimum absolute atomic E-state index is 0.0357. The maximum absolute atomic E-state index is 12.8. The summed E-state index contributed by atoms with van der Waals surface area (Å²) in [7, 11) is 0. The number of anilines is 1. The maximum atomic E-state index is 12.8. The summed E-state index contributed by atoms with van der Waals surface area (Å²) in [5.41, 5.74) is 2.28. The van der Waals surface area contributed by atoms with Crippen molar-refractivity contribution in [2.24, 2.45) is 5.92 Å². The number of fused-ring (bicyclic) bond motifs is 3. The van der Waals surface area contributed by atoms with E-state index in [0.29, 0.717) is 29.5 Å². The summed E-state index contributed by atoms with van der Waals surface area (Å²) in [5.74, 6) is 3.55. The van der Waals surface area contributed by atoms with Crippen LogP contribution in [0.5, 0.6) is 0 Å². The van der Waals surface area contributed by atoms with E-state index in [4.69, 9.17) is 6.42 Å². The number of hydrogen-bond acceptors (Lipinski definition) is 6. The smallest absolute Gasteiger partial charge is 0.328 e. The standard InChI is InChI=1S/C19H18N8O/c1-3-12-4-5-15(23-22-12)26-9-7-11(2)14(10-26)27-16-13-6-8-20-17(13)24-25-18(16)21-19(27)28/h1,4-6,8,11,14H,7,9-10H2,2H3,(H,20,24)(H,21,25,28)/t11-,14+/m1/s1. The van der Waals surface area contributed by atoms with Gasteiger partial charge in [0.1, 0.15) is 11.2 Å². The summed E-state index contributed by atoms with van der Waals surface area (Å²) in [6.07, 6.45) is 8.10. The molecule has 28 heavy (non-hydrogen) atoms. The van der Waals surface area contributed by atoms with Crippen molar-refractivity contribution in [1.82, 2.24) is 34.9 Å². The SMILES string of the molecule is C#Cc1ccc(N2CC[C@@H](C)[C@@H](n3c(=O)[nH]c4nnc5[nH]ccc5c43)C2)nn1. The highest BCUT2D eigenvalue weighted by molar-refractivity contribution is 5.99. The highest BCUT2D eigenvalue weighted by Crippen LogP contribution is 2.32. The summed E-state index contributed by atoms with van der Waals surface area (Å²) < 4.78 is 1.82. The molecule has 5 rings (SSSR count). The summed E-state index contributed by atoms with van der Waals surface area (Å²) in [6, 6.07) is 5.55. The molecule has 0 aromatic carbocycles. The van der Waals surface area contributed by atoms with E-state index in [1.165, 1.54) is 0 Å². The molecule has 0 aliphatic carbocycles. The largest absolute Gasteiger partial charge is 0.353 e. The van der Waals surface area contributed by atoms with Crippen molar-refractivity contribution in [3.63, 3.8) is 0 Å². The first-order valence-corrected chi connectivity index (χ1v) is 9.15. The Bertz CT molecular complexity index is 1260. The van der Waals surface area contributed by atoms with Gasteiger partial charge in [-0.25, -0.2) is 4.79 Å². The lowest BCUT2D eigenvalue weighted by Crippen LogP contribution is -2.43. The number of H-pyrrole nitrogens is 2. The van der Waals surface area contributed by atoms with Gasteiger partial charge in [-0.2, -0.15) is 0 Å². The second-order valence-corrected chi connectivity index (χ2v) is 7.14. The molecule has 9 nitrogen and oxygen atoms in total. The Balaban J connectivity index is 1.59. The van der Waals surface area contributed by atoms with Crippen molar-refractivity contribution in [2.45, 2.75) is 19.4 Å². The van der Waals surface area contributed by atoms with Crippen molar-refractivity contribution in [2.75, 3.05) is 18.0 Å². The first-order chi connectivity index (χ1) is 13.7. The number of aromatic amines is 2. The average molecular weight is 374 g/mol. The van der Waals surface area contributed by atoms with Gasteiger partial charge in [-0.1, -0.05) is 6.92 Å². The fourth-order valence-electron chi connectivity index (χ4n) is 3.98. The van der Waals surface area contributed by atoms with Crippen molar-refractivity contribution in [3.05, 3.63) is 40.6 Å². The fourth-order valence-corrected chi connectivity index (χ4v) is 3.98. The van der Waals surface area contributed by atoms with Gasteiger partial charge < -0.3 is 9.88 Å². The number of aromatic nitrogens is 7. The molecule has 4 aromatic heterocycles. The van der Waals surface area contributed by atoms with Crippen LogP contribution in [0.15, 0.2) is 29.2 Å². The summed E-state index contributed by atoms with van der Waals surface area (Å²) in [6.45, 7) is 3.66. The third-order valence-corrected chi connectivity index (χ3v) is 5.51. The lowest BCUT2D eigenvalue weighted by Gasteiger charge is -2.38. The predicted molar refractivity (Wildman–Crippen MR) is 105 cm³/mol. The van der Waals surface area contributed by atoms with Gasteiger partial charge in [0.2, 0.25) is 0 Å². The molecule has 2 N–H and O–H groups in total. The average Bonchev–Trinajstić information content (AvgIpc) is 3.32. The number of rotatable bonds is 2. The molecule has 0 spiro atoms. The van der Waals surface area contributed by atoms with E-state index in [0.717, 1.165) is 29.7 Å². The molecule has 0 radical (unpaired) electrons. The molecule has 5 heterocycles. The first-order valence-electron chi connectivity index (χ1n) is 9.15. The van der Waals surface area contributed by atoms with Gasteiger partial charge >= 0.3 is 5.69 Å². The van der Waals surface area contributed by atoms with Gasteiger partial charge in [0.05, 0.1) is 6.04 Å². The normalized spacial score (nSPS) is 19.9. The molecule has 1 saturated heterocycles. The highest BCUT2D eigenvalue weighted by atomic mass is 16.1. The summed E-state index contributed by atoms with van der Waals surface area (Å²) in [5, 5.41) is 17.5. The lowest BCUT2D eigenvalue weighted by molar-refractivity contribution is 0.298. The fraction of sp³-hybridized carbons (Fsp3) is 0.316. The van der Waals surface area contributed by atoms with Gasteiger partial charge in [-0.05, 0) is 36.5 Å². The molecule has 1 fully saturated rings. The maximum Gasteiger partial charge on any atom is 0.328 e. The van der Waals surface area contributed by atoms with Gasteiger partial charge in [0.15, 0.2) is 17.1 Å². The van der Waals surface area contributed by atoms with Gasteiger partial charge in [-0.3, -0.25) is 9.55 Å². The van der Waals surface area contributed by atoms with Gasteiger partial charge in [0.25, 0.3) is 0 Å². The number of nitrogens with zero attached hydrogens (tertiary/aromatic N) is 6. The minimum Gasteiger partial charge on any atom is -0.353 e. The van der Waals surface area contributed by atoms with Crippen LogP contribution in [0.2, 0.25) is 0 Å². The Kier molecular flexibility index (Phi) is 3.65. The van der Waals surface area contributed by atoms with Crippen LogP contribution >= 0.6 is 0 Å². The highest BCUT2D eigenvalue weighted by Gasteiger charge is 2.31. The van der Waals surface area contributed by atoms with Crippen molar-refractivity contribution < 1.29 is 0 Å². The summed E-state index contributed by atoms with van der Waals surface area (Å²) in [4.78, 5) is 20.9. The molecule has 140 valence electrons. The summed E-state index contributed by atoms with van der Waals surface area (Å²) >= 11 is 0. The van der Waals surface area contributed by atoms with Crippen LogP contribution in [0.3, 0.4) is 0 Å². The van der Waals surface area contributed by atoms with Crippen LogP contribution in [0.25, 0.3) is 22.2 Å². The van der Waals surface area contributed by atoms with Crippen LogP contribution in [0.4, 0.5) is 5.82 Å². The molecule has 1 aliphatic heterocycles. The van der Waals surface area contributed by atoms with Crippen LogP contribution in [0.1, 0.15) is 25.1 Å². The molecule has 9 heteroatoms. The molecular weight excluding hydrogens is 356 g/mol. The Hall–Kier alpha value is -3.67. The van der Waals surface area contributed by atoms with Crippen molar-refractivity contribution >= 4 is 28.0 Å². The first kappa shape index (κ1) is 16.5. The molecule has 0 saturated carbocycles. The lowest BCUT2D eigenvalue weighted by atomic mass is 9.93. The molecule has 1 aliphatic rings. The molecule has 4 aromatic rings. The number of nitrogens with one attached hydrogen (secondary N) is 2. The Morgan fingerprint density at radius 2 is 2.04 bits per heavy atom. The molecular formula is C19H18N8O. The zero-order valence-electron chi connectivity index (χ0n) is 15.3. The molecule has 2 atom stereocenters. The van der Waals surface area contributed by atoms with E-state index >= 15 is 0 Å². The van der Waals surface area contributed by atoms with E-state index in [1.807, 2.05) is 16.7 Å². The van der Waals surface area contributed by atoms with E-state index in [9.17, 15) is 4.79 Å². The van der Waals surface area contributed by atoms with E-state index < -0.39 is 0 Å². The van der Waals surface area contributed by atoms with Crippen LogP contribution in [-0.4, -0.2) is 48.0 Å². The zero-order chi connectivity index (χ0) is 19.3. The quantitative estimate of drug-likeness (QED) is 0.514. The molecule has 0 bridgehead atoms. The number of piperidine rings is 1. The zero-order valence-corrected chi connectivity index (χ0v) is 15.3. The van der Waals surface area contributed by atoms with E-state index in [2.05, 4.69) is 48.1 Å². The molecule has 0 amide bonds. The third kappa shape index (κ3) is 2.45. The minimum atomic E-state index is -0.175. The van der Waals surface area contributed by atoms with Gasteiger partial charge in [0, 0.05) is 24.7 Å². The van der Waals surface area contributed by atoms with Crippen LogP contribution in [-0.2, 0) is 0 Å². The monoisotopic (exact) mass is 374 g/mol. The van der Waals surface area contributed by atoms with Gasteiger partial charge in [-0.15, -0.1) is 26.8 Å². The Morgan fingerprint density at radius 1 is 1.18 bits per heavy atom. The van der Waals surface area contributed by atoms with E-state index in [1.54, 1.807) is 12.3 Å². The van der Waals surface area contributed by atoms with Crippen LogP contribution in [0, 0.1) is 18.3 Å². The number of terminal acetylenes is 1. The second-order valence-electron chi connectivity index (χ2n) is 7.14. The Morgan fingerprint density at radius 3 is 2.82 bits per heavy atom. The predicted octanol–water partition coefficient (Wildman–Crippen LogP) is 1.46. The Labute approximate surface area is 159 Å². The van der Waals surface area contributed by atoms with Crippen molar-refractivity contribution in [3.8, 4) is 12.3 Å². The van der Waals surface area contributed by atoms with E-state index in [-0.39, 0.29) is 11.7 Å². The topological polar surface area (TPSA) is 108 Å².